The zero-order valence-corrected chi connectivity index (χ0v) is 14.9. The minimum Gasteiger partial charge on any atom is -0.493 e. The van der Waals surface area contributed by atoms with E-state index in [9.17, 15) is 0 Å². The fourth-order valence-corrected chi connectivity index (χ4v) is 2.82. The summed E-state index contributed by atoms with van der Waals surface area (Å²) in [6.45, 7) is 2.16. The predicted molar refractivity (Wildman–Crippen MR) is 98.4 cm³/mol. The molecule has 0 aliphatic carbocycles. The zero-order valence-electron chi connectivity index (χ0n) is 14.9. The van der Waals surface area contributed by atoms with Gasteiger partial charge in [-0.1, -0.05) is 6.07 Å². The first kappa shape index (κ1) is 17.0. The normalized spacial score (nSPS) is 12.0. The number of hydrogen-bond acceptors (Lipinski definition) is 6. The molecule has 0 aliphatic rings. The van der Waals surface area contributed by atoms with Gasteiger partial charge in [-0.3, -0.25) is 4.98 Å². The standard InChI is InChI=1S/C19H22N4O2/c1-13(9-14-7-5-6-8-20-14)23(2)19-15-10-17(24-3)18(25-4)11-16(15)21-12-22-19/h5-8,10-13H,9H2,1-4H3. The Hall–Kier alpha value is -2.89. The number of pyridine rings is 1. The highest BCUT2D eigenvalue weighted by Gasteiger charge is 2.17. The van der Waals surface area contributed by atoms with E-state index in [-0.39, 0.29) is 6.04 Å². The van der Waals surface area contributed by atoms with Crippen LogP contribution in [0.1, 0.15) is 12.6 Å². The van der Waals surface area contributed by atoms with Gasteiger partial charge in [-0.2, -0.15) is 0 Å². The minimum absolute atomic E-state index is 0.223. The maximum absolute atomic E-state index is 5.43. The van der Waals surface area contributed by atoms with Gasteiger partial charge < -0.3 is 14.4 Å². The molecule has 6 nitrogen and oxygen atoms in total. The van der Waals surface area contributed by atoms with Gasteiger partial charge in [0.05, 0.1) is 19.7 Å². The Kier molecular flexibility index (Phi) is 4.97. The fourth-order valence-electron chi connectivity index (χ4n) is 2.82. The topological polar surface area (TPSA) is 60.4 Å². The lowest BCUT2D eigenvalue weighted by Crippen LogP contribution is -2.31. The molecule has 0 N–H and O–H groups in total. The van der Waals surface area contributed by atoms with Crippen LogP contribution < -0.4 is 14.4 Å². The van der Waals surface area contributed by atoms with Gasteiger partial charge in [0.15, 0.2) is 11.5 Å². The quantitative estimate of drug-likeness (QED) is 0.688. The lowest BCUT2D eigenvalue weighted by Gasteiger charge is -2.27. The molecule has 0 saturated carbocycles. The minimum atomic E-state index is 0.223. The van der Waals surface area contributed by atoms with Gasteiger partial charge in [0, 0.05) is 42.9 Å². The number of fused-ring (bicyclic) bond motifs is 1. The third-order valence-electron chi connectivity index (χ3n) is 4.35. The summed E-state index contributed by atoms with van der Waals surface area (Å²) < 4.78 is 10.8. The first-order valence-electron chi connectivity index (χ1n) is 8.13. The van der Waals surface area contributed by atoms with E-state index in [0.29, 0.717) is 11.5 Å². The molecule has 0 aliphatic heterocycles. The Morgan fingerprint density at radius 3 is 2.48 bits per heavy atom. The smallest absolute Gasteiger partial charge is 0.162 e. The maximum Gasteiger partial charge on any atom is 0.162 e. The molecule has 3 aromatic rings. The van der Waals surface area contributed by atoms with Crippen molar-refractivity contribution < 1.29 is 9.47 Å². The van der Waals surface area contributed by atoms with Gasteiger partial charge in [-0.25, -0.2) is 9.97 Å². The Morgan fingerprint density at radius 2 is 1.80 bits per heavy atom. The molecule has 2 heterocycles. The molecule has 0 bridgehead atoms. The van der Waals surface area contributed by atoms with E-state index in [1.807, 2.05) is 43.6 Å². The van der Waals surface area contributed by atoms with Crippen LogP contribution in [0.15, 0.2) is 42.9 Å². The van der Waals surface area contributed by atoms with Crippen LogP contribution in [-0.4, -0.2) is 42.3 Å². The van der Waals surface area contributed by atoms with Gasteiger partial charge in [0.25, 0.3) is 0 Å². The van der Waals surface area contributed by atoms with Crippen molar-refractivity contribution in [3.63, 3.8) is 0 Å². The molecule has 0 fully saturated rings. The number of likely N-dealkylation sites (N-methyl/N-ethyl adjacent to an activating group) is 1. The summed E-state index contributed by atoms with van der Waals surface area (Å²) in [7, 11) is 5.28. The van der Waals surface area contributed by atoms with Gasteiger partial charge in [-0.15, -0.1) is 0 Å². The molecule has 1 atom stereocenters. The lowest BCUT2D eigenvalue weighted by molar-refractivity contribution is 0.356. The third-order valence-corrected chi connectivity index (χ3v) is 4.35. The van der Waals surface area contributed by atoms with Crippen molar-refractivity contribution >= 4 is 16.7 Å². The summed E-state index contributed by atoms with van der Waals surface area (Å²) in [6, 6.07) is 9.99. The first-order valence-corrected chi connectivity index (χ1v) is 8.13. The second-order valence-corrected chi connectivity index (χ2v) is 5.91. The number of aromatic nitrogens is 3. The highest BCUT2D eigenvalue weighted by atomic mass is 16.5. The second kappa shape index (κ2) is 7.34. The molecule has 25 heavy (non-hydrogen) atoms. The van der Waals surface area contributed by atoms with Crippen LogP contribution >= 0.6 is 0 Å². The summed E-state index contributed by atoms with van der Waals surface area (Å²) in [4.78, 5) is 15.4. The van der Waals surface area contributed by atoms with Crippen molar-refractivity contribution in [2.45, 2.75) is 19.4 Å². The Labute approximate surface area is 147 Å². The predicted octanol–water partition coefficient (Wildman–Crippen LogP) is 3.11. The highest BCUT2D eigenvalue weighted by Crippen LogP contribution is 2.34. The SMILES string of the molecule is COc1cc2ncnc(N(C)C(C)Cc3ccccn3)c2cc1OC. The summed E-state index contributed by atoms with van der Waals surface area (Å²) in [5.74, 6) is 2.18. The first-order chi connectivity index (χ1) is 12.1. The van der Waals surface area contributed by atoms with Crippen LogP contribution in [0.2, 0.25) is 0 Å². The van der Waals surface area contributed by atoms with Gasteiger partial charge in [0.1, 0.15) is 12.1 Å². The van der Waals surface area contributed by atoms with E-state index >= 15 is 0 Å². The number of nitrogens with zero attached hydrogens (tertiary/aromatic N) is 4. The summed E-state index contributed by atoms with van der Waals surface area (Å²) >= 11 is 0. The fraction of sp³-hybridized carbons (Fsp3) is 0.316. The highest BCUT2D eigenvalue weighted by molar-refractivity contribution is 5.92. The molecule has 1 unspecified atom stereocenters. The summed E-state index contributed by atoms with van der Waals surface area (Å²) in [5.41, 5.74) is 1.87. The summed E-state index contributed by atoms with van der Waals surface area (Å²) in [6.07, 6.45) is 4.23. The number of hydrogen-bond donors (Lipinski definition) is 0. The largest absolute Gasteiger partial charge is 0.493 e. The average molecular weight is 338 g/mol. The van der Waals surface area contributed by atoms with Crippen LogP contribution in [0.5, 0.6) is 11.5 Å². The van der Waals surface area contributed by atoms with E-state index < -0.39 is 0 Å². The Bertz CT molecular complexity index is 855. The average Bonchev–Trinajstić information content (AvgIpc) is 2.66. The van der Waals surface area contributed by atoms with E-state index in [0.717, 1.165) is 28.8 Å². The monoisotopic (exact) mass is 338 g/mol. The van der Waals surface area contributed by atoms with Crippen LogP contribution in [0.3, 0.4) is 0 Å². The van der Waals surface area contributed by atoms with Crippen molar-refractivity contribution in [1.82, 2.24) is 15.0 Å². The van der Waals surface area contributed by atoms with Crippen LogP contribution in [0.25, 0.3) is 10.9 Å². The number of methoxy groups -OCH3 is 2. The Balaban J connectivity index is 1.96. The van der Waals surface area contributed by atoms with Gasteiger partial charge >= 0.3 is 0 Å². The van der Waals surface area contributed by atoms with Crippen LogP contribution in [0.4, 0.5) is 5.82 Å². The number of ether oxygens (including phenoxy) is 2. The van der Waals surface area contributed by atoms with Gasteiger partial charge in [-0.05, 0) is 25.1 Å². The maximum atomic E-state index is 5.43. The van der Waals surface area contributed by atoms with Crippen molar-refractivity contribution in [3.8, 4) is 11.5 Å². The van der Waals surface area contributed by atoms with Crippen molar-refractivity contribution in [3.05, 3.63) is 48.5 Å². The number of anilines is 1. The molecule has 1 aromatic carbocycles. The lowest BCUT2D eigenvalue weighted by atomic mass is 10.1. The number of benzene rings is 1. The molecular weight excluding hydrogens is 316 g/mol. The molecule has 130 valence electrons. The van der Waals surface area contributed by atoms with E-state index in [2.05, 4.69) is 26.8 Å². The number of rotatable bonds is 6. The van der Waals surface area contributed by atoms with Crippen LogP contribution in [-0.2, 0) is 6.42 Å². The second-order valence-electron chi connectivity index (χ2n) is 5.91. The van der Waals surface area contributed by atoms with Crippen molar-refractivity contribution in [2.24, 2.45) is 0 Å². The van der Waals surface area contributed by atoms with E-state index in [1.165, 1.54) is 0 Å². The molecule has 3 rings (SSSR count). The van der Waals surface area contributed by atoms with Gasteiger partial charge in [0.2, 0.25) is 0 Å². The van der Waals surface area contributed by atoms with Crippen molar-refractivity contribution in [2.75, 3.05) is 26.2 Å². The Morgan fingerprint density at radius 1 is 1.04 bits per heavy atom. The molecule has 0 spiro atoms. The van der Waals surface area contributed by atoms with Crippen LogP contribution in [0, 0.1) is 0 Å². The summed E-state index contributed by atoms with van der Waals surface area (Å²) in [5, 5.41) is 0.926. The van der Waals surface area contributed by atoms with E-state index in [4.69, 9.17) is 9.47 Å². The molecular formula is C19H22N4O2. The zero-order chi connectivity index (χ0) is 17.8. The van der Waals surface area contributed by atoms with Crippen molar-refractivity contribution in [1.29, 1.82) is 0 Å². The third kappa shape index (κ3) is 3.47. The molecule has 0 saturated heterocycles. The molecule has 0 radical (unpaired) electrons. The molecule has 2 aromatic heterocycles. The van der Waals surface area contributed by atoms with E-state index in [1.54, 1.807) is 20.5 Å². The molecule has 0 amide bonds. The molecule has 6 heteroatoms.